The second-order valence-corrected chi connectivity index (χ2v) is 20.8. The summed E-state index contributed by atoms with van der Waals surface area (Å²) in [6.45, 7) is 12.5. The highest BCUT2D eigenvalue weighted by molar-refractivity contribution is 7.89. The summed E-state index contributed by atoms with van der Waals surface area (Å²) in [7, 11) is -3.70. The van der Waals surface area contributed by atoms with Crippen molar-refractivity contribution in [2.75, 3.05) is 18.8 Å². The Morgan fingerprint density at radius 2 is 1.46 bits per heavy atom. The predicted octanol–water partition coefficient (Wildman–Crippen LogP) is 4.00. The highest BCUT2D eigenvalue weighted by atomic mass is 32.2. The highest BCUT2D eigenvalue weighted by Gasteiger charge is 2.70. The van der Waals surface area contributed by atoms with Gasteiger partial charge in [0.2, 0.25) is 27.6 Å². The first-order valence-corrected chi connectivity index (χ1v) is 22.6. The van der Waals surface area contributed by atoms with Crippen LogP contribution < -0.4 is 21.3 Å². The van der Waals surface area contributed by atoms with Crippen LogP contribution in [-0.4, -0.2) is 102 Å². The lowest BCUT2D eigenvalue weighted by Crippen LogP contribution is -2.65. The van der Waals surface area contributed by atoms with Gasteiger partial charge in [0.05, 0.1) is 17.3 Å². The smallest absolute Gasteiger partial charge is 0.315 e. The van der Waals surface area contributed by atoms with Gasteiger partial charge in [-0.2, -0.15) is 4.31 Å². The molecule has 0 aromatic rings. The van der Waals surface area contributed by atoms with Gasteiger partial charge in [-0.1, -0.05) is 79.1 Å². The van der Waals surface area contributed by atoms with Crippen LogP contribution >= 0.6 is 0 Å². The molecule has 0 aromatic heterocycles. The molecule has 5 unspecified atom stereocenters. The SMILES string of the molecule is CCN(C(C)C)S(=O)(=O)CC1(NC(=O)NC(C(=O)N2CC3C(C2C(=O)NC(CC2CC2)C(=O)C(=O)NC2CC2)C3(C)C)C2(C)CCCCC2)CCCCC1. The second kappa shape index (κ2) is 15.7. The molecule has 5 saturated carbocycles. The van der Waals surface area contributed by atoms with E-state index in [0.717, 1.165) is 77.0 Å². The number of ketones is 1. The number of nitrogens with one attached hydrogen (secondary N) is 4. The molecule has 5 amide bonds. The van der Waals surface area contributed by atoms with E-state index in [1.54, 1.807) is 4.90 Å². The number of sulfonamides is 1. The van der Waals surface area contributed by atoms with Crippen LogP contribution in [-0.2, 0) is 29.2 Å². The zero-order chi connectivity index (χ0) is 39.2. The van der Waals surface area contributed by atoms with Crippen molar-refractivity contribution in [2.24, 2.45) is 28.6 Å². The maximum Gasteiger partial charge on any atom is 0.315 e. The van der Waals surface area contributed by atoms with Gasteiger partial charge in [-0.3, -0.25) is 19.2 Å². The number of likely N-dealkylation sites (tertiary alicyclic amines) is 1. The van der Waals surface area contributed by atoms with Crippen molar-refractivity contribution in [2.45, 2.75) is 174 Å². The Kier molecular flexibility index (Phi) is 11.9. The second-order valence-electron chi connectivity index (χ2n) is 18.9. The molecule has 5 aliphatic carbocycles. The number of rotatable bonds is 16. The molecule has 6 rings (SSSR count). The van der Waals surface area contributed by atoms with E-state index in [9.17, 15) is 32.4 Å². The molecule has 6 fully saturated rings. The molecule has 0 radical (unpaired) electrons. The number of fused-ring (bicyclic) bond motifs is 1. The van der Waals surface area contributed by atoms with E-state index in [2.05, 4.69) is 35.1 Å². The Balaban J connectivity index is 1.23. The van der Waals surface area contributed by atoms with Crippen molar-refractivity contribution >= 4 is 39.6 Å². The Morgan fingerprint density at radius 3 is 2.02 bits per heavy atom. The molecule has 1 aliphatic heterocycles. The Bertz CT molecular complexity index is 1560. The van der Waals surface area contributed by atoms with Crippen molar-refractivity contribution in [1.29, 1.82) is 0 Å². The van der Waals surface area contributed by atoms with Gasteiger partial charge in [0, 0.05) is 25.2 Å². The zero-order valence-corrected chi connectivity index (χ0v) is 34.3. The molecule has 1 heterocycles. The summed E-state index contributed by atoms with van der Waals surface area (Å²) in [4.78, 5) is 71.4. The average molecular weight is 775 g/mol. The van der Waals surface area contributed by atoms with Crippen molar-refractivity contribution in [3.05, 3.63) is 0 Å². The fourth-order valence-electron chi connectivity index (χ4n) is 10.2. The van der Waals surface area contributed by atoms with Gasteiger partial charge >= 0.3 is 6.03 Å². The third-order valence-corrected chi connectivity index (χ3v) is 16.2. The van der Waals surface area contributed by atoms with Gasteiger partial charge in [0.15, 0.2) is 0 Å². The number of nitrogens with zero attached hydrogens (tertiary/aromatic N) is 2. The van der Waals surface area contributed by atoms with Gasteiger partial charge in [-0.25, -0.2) is 13.2 Å². The van der Waals surface area contributed by atoms with Gasteiger partial charge in [-0.05, 0) is 87.4 Å². The first kappa shape index (κ1) is 40.9. The average Bonchev–Trinajstić information content (AvgIpc) is 4.06. The quantitative estimate of drug-likeness (QED) is 0.172. The number of carbonyl (C=O) groups excluding carboxylic acids is 5. The summed E-state index contributed by atoms with van der Waals surface area (Å²) in [5.41, 5.74) is -1.74. The predicted molar refractivity (Wildman–Crippen MR) is 205 cm³/mol. The lowest BCUT2D eigenvalue weighted by Gasteiger charge is -2.44. The van der Waals surface area contributed by atoms with Crippen LogP contribution in [0.4, 0.5) is 4.79 Å². The normalized spacial score (nSPS) is 28.1. The molecule has 13 nitrogen and oxygen atoms in total. The molecule has 6 aliphatic rings. The number of urea groups is 1. The number of piperidine rings is 1. The summed E-state index contributed by atoms with van der Waals surface area (Å²) in [5.74, 6) is -2.01. The van der Waals surface area contributed by atoms with E-state index in [1.807, 2.05) is 27.7 Å². The summed E-state index contributed by atoms with van der Waals surface area (Å²) >= 11 is 0. The van der Waals surface area contributed by atoms with Crippen LogP contribution in [0.3, 0.4) is 0 Å². The van der Waals surface area contributed by atoms with Gasteiger partial charge in [-0.15, -0.1) is 0 Å². The van der Waals surface area contributed by atoms with Crippen molar-refractivity contribution in [1.82, 2.24) is 30.5 Å². The lowest BCUT2D eigenvalue weighted by atomic mass is 9.70. The fraction of sp³-hybridized carbons (Fsp3) is 0.875. The summed E-state index contributed by atoms with van der Waals surface area (Å²) < 4.78 is 28.9. The number of hydrogen-bond acceptors (Lipinski definition) is 7. The van der Waals surface area contributed by atoms with E-state index in [1.165, 1.54) is 4.31 Å². The third kappa shape index (κ3) is 8.79. The van der Waals surface area contributed by atoms with Crippen LogP contribution in [0.15, 0.2) is 0 Å². The van der Waals surface area contributed by atoms with Crippen LogP contribution in [0.1, 0.15) is 138 Å². The first-order valence-electron chi connectivity index (χ1n) is 20.9. The van der Waals surface area contributed by atoms with Crippen LogP contribution in [0, 0.1) is 28.6 Å². The van der Waals surface area contributed by atoms with E-state index in [0.29, 0.717) is 32.4 Å². The maximum atomic E-state index is 15.0. The summed E-state index contributed by atoms with van der Waals surface area (Å²) in [6, 6.07) is -3.51. The largest absolute Gasteiger partial charge is 0.347 e. The van der Waals surface area contributed by atoms with Gasteiger partial charge in [0.25, 0.3) is 5.91 Å². The lowest BCUT2D eigenvalue weighted by molar-refractivity contribution is -0.146. The van der Waals surface area contributed by atoms with E-state index >= 15 is 0 Å². The molecule has 54 heavy (non-hydrogen) atoms. The van der Waals surface area contributed by atoms with Crippen LogP contribution in [0.25, 0.3) is 0 Å². The molecule has 4 N–H and O–H groups in total. The van der Waals surface area contributed by atoms with Crippen molar-refractivity contribution in [3.8, 4) is 0 Å². The molecule has 0 aromatic carbocycles. The number of Topliss-reactive ketones (excluding diaryl/α,β-unsaturated/α-hetero) is 1. The summed E-state index contributed by atoms with van der Waals surface area (Å²) in [5, 5.41) is 11.9. The minimum absolute atomic E-state index is 0.0148. The standard InChI is InChI=1S/C40H66N6O7S/c1-7-46(25(2)3)54(52,53)24-40(20-12-9-13-21-40)44-37(51)43-33(39(6)18-10-8-11-19-39)36(50)45-23-28-30(38(28,4)5)31(45)34(48)42-29(22-26-14-15-26)32(47)35(49)41-27-16-17-27/h25-31,33H,7-24H2,1-6H3,(H,41,49)(H,42,48)(H2,43,44,51). The van der Waals surface area contributed by atoms with Crippen molar-refractivity contribution < 1.29 is 32.4 Å². The number of amides is 5. The highest BCUT2D eigenvalue weighted by Crippen LogP contribution is 2.65. The molecule has 5 atom stereocenters. The molecule has 0 spiro atoms. The monoisotopic (exact) mass is 774 g/mol. The molecule has 304 valence electrons. The number of carbonyl (C=O) groups is 5. The van der Waals surface area contributed by atoms with Gasteiger partial charge in [0.1, 0.15) is 12.1 Å². The fourth-order valence-corrected chi connectivity index (χ4v) is 12.5. The van der Waals surface area contributed by atoms with E-state index < -0.39 is 62.7 Å². The minimum Gasteiger partial charge on any atom is -0.347 e. The Labute approximate surface area is 322 Å². The van der Waals surface area contributed by atoms with E-state index in [-0.39, 0.29) is 46.9 Å². The van der Waals surface area contributed by atoms with Crippen LogP contribution in [0.5, 0.6) is 0 Å². The van der Waals surface area contributed by atoms with E-state index in [4.69, 9.17) is 0 Å². The summed E-state index contributed by atoms with van der Waals surface area (Å²) in [6.07, 6.45) is 11.9. The van der Waals surface area contributed by atoms with Crippen molar-refractivity contribution in [3.63, 3.8) is 0 Å². The van der Waals surface area contributed by atoms with Crippen LogP contribution in [0.2, 0.25) is 0 Å². The molecule has 14 heteroatoms. The molecule has 0 bridgehead atoms. The maximum absolute atomic E-state index is 15.0. The molecular weight excluding hydrogens is 709 g/mol. The van der Waals surface area contributed by atoms with Gasteiger partial charge < -0.3 is 26.2 Å². The zero-order valence-electron chi connectivity index (χ0n) is 33.5. The minimum atomic E-state index is -3.70. The number of hydrogen-bond donors (Lipinski definition) is 4. The molecule has 1 saturated heterocycles. The Morgan fingerprint density at radius 1 is 0.852 bits per heavy atom. The molecular formula is C40H66N6O7S. The topological polar surface area (TPSA) is 174 Å². The Hall–Kier alpha value is -2.74. The third-order valence-electron chi connectivity index (χ3n) is 13.9. The first-order chi connectivity index (χ1) is 25.4.